The van der Waals surface area contributed by atoms with Gasteiger partial charge in [0.05, 0.1) is 18.2 Å². The van der Waals surface area contributed by atoms with Crippen molar-refractivity contribution in [2.24, 2.45) is 10.9 Å². The topological polar surface area (TPSA) is 89.3 Å². The maximum atomic E-state index is 14.0. The van der Waals surface area contributed by atoms with Crippen LogP contribution in [0.4, 0.5) is 4.39 Å². The number of guanidine groups is 1. The van der Waals surface area contributed by atoms with Crippen LogP contribution in [0.1, 0.15) is 57.6 Å². The molecule has 1 amide bonds. The van der Waals surface area contributed by atoms with Gasteiger partial charge in [-0.15, -0.1) is 0 Å². The molecule has 2 unspecified atom stereocenters. The van der Waals surface area contributed by atoms with E-state index in [0.29, 0.717) is 23.6 Å². The number of hydrogen-bond donors (Lipinski definition) is 3. The Balaban J connectivity index is 2.02. The lowest BCUT2D eigenvalue weighted by atomic mass is 9.85. The third kappa shape index (κ3) is 6.52. The first-order valence-corrected chi connectivity index (χ1v) is 9.96. The van der Waals surface area contributed by atoms with E-state index in [1.807, 2.05) is 26.8 Å². The van der Waals surface area contributed by atoms with Gasteiger partial charge in [0.15, 0.2) is 5.96 Å². The number of carbonyl (C=O) groups is 1. The maximum absolute atomic E-state index is 14.0. The van der Waals surface area contributed by atoms with Crippen molar-refractivity contribution in [3.8, 4) is 6.07 Å². The van der Waals surface area contributed by atoms with Gasteiger partial charge < -0.3 is 16.0 Å². The Morgan fingerprint density at radius 2 is 2.18 bits per heavy atom. The van der Waals surface area contributed by atoms with Crippen LogP contribution in [0.25, 0.3) is 0 Å². The van der Waals surface area contributed by atoms with E-state index in [4.69, 9.17) is 5.26 Å². The fourth-order valence-electron chi connectivity index (χ4n) is 3.40. The quantitative estimate of drug-likeness (QED) is 0.517. The zero-order valence-electron chi connectivity index (χ0n) is 16.9. The van der Waals surface area contributed by atoms with Crippen molar-refractivity contribution in [3.05, 3.63) is 35.1 Å². The molecular formula is C21H30FN5O. The number of hydrogen-bond acceptors (Lipinski definition) is 3. The first-order valence-electron chi connectivity index (χ1n) is 9.96. The molecule has 152 valence electrons. The van der Waals surface area contributed by atoms with E-state index in [-0.39, 0.29) is 36.3 Å². The van der Waals surface area contributed by atoms with Crippen molar-refractivity contribution in [3.63, 3.8) is 0 Å². The van der Waals surface area contributed by atoms with Crippen molar-refractivity contribution in [1.82, 2.24) is 16.0 Å². The summed E-state index contributed by atoms with van der Waals surface area (Å²) in [5, 5.41) is 18.5. The number of aliphatic imine (C=N–C) groups is 1. The highest BCUT2D eigenvalue weighted by molar-refractivity contribution is 5.81. The molecule has 0 heterocycles. The van der Waals surface area contributed by atoms with Gasteiger partial charge in [-0.2, -0.15) is 5.26 Å². The summed E-state index contributed by atoms with van der Waals surface area (Å²) in [4.78, 5) is 16.8. The summed E-state index contributed by atoms with van der Waals surface area (Å²) in [5.41, 5.74) is 0.796. The molecule has 0 aromatic heterocycles. The molecule has 6 nitrogen and oxygen atoms in total. The lowest BCUT2D eigenvalue weighted by molar-refractivity contribution is -0.126. The minimum atomic E-state index is -0.373. The summed E-state index contributed by atoms with van der Waals surface area (Å²) >= 11 is 0. The molecule has 28 heavy (non-hydrogen) atoms. The van der Waals surface area contributed by atoms with E-state index in [1.54, 1.807) is 0 Å². The van der Waals surface area contributed by atoms with Gasteiger partial charge in [-0.3, -0.25) is 4.79 Å². The molecule has 1 aliphatic rings. The lowest BCUT2D eigenvalue weighted by Crippen LogP contribution is -2.47. The van der Waals surface area contributed by atoms with Crippen LogP contribution in [0.15, 0.2) is 23.2 Å². The van der Waals surface area contributed by atoms with Gasteiger partial charge in [0, 0.05) is 30.1 Å². The SMILES string of the molecule is CCNC(=NCc1cc(C#N)ccc1F)NC1CCCC(C(=O)NC(C)C)C1. The fraction of sp³-hybridized carbons (Fsp3) is 0.571. The van der Waals surface area contributed by atoms with Crippen molar-refractivity contribution >= 4 is 11.9 Å². The number of benzene rings is 1. The summed E-state index contributed by atoms with van der Waals surface area (Å²) in [6.07, 6.45) is 3.60. The highest BCUT2D eigenvalue weighted by Crippen LogP contribution is 2.24. The number of nitrogens with zero attached hydrogens (tertiary/aromatic N) is 2. The van der Waals surface area contributed by atoms with Crippen LogP contribution in [0, 0.1) is 23.1 Å². The molecule has 2 rings (SSSR count). The van der Waals surface area contributed by atoms with Crippen LogP contribution in [-0.2, 0) is 11.3 Å². The second kappa shape index (κ2) is 10.6. The Bertz CT molecular complexity index is 741. The van der Waals surface area contributed by atoms with Crippen molar-refractivity contribution in [1.29, 1.82) is 5.26 Å². The summed E-state index contributed by atoms with van der Waals surface area (Å²) in [6.45, 7) is 6.71. The van der Waals surface area contributed by atoms with E-state index in [0.717, 1.165) is 25.7 Å². The molecule has 1 aromatic carbocycles. The second-order valence-corrected chi connectivity index (χ2v) is 7.48. The van der Waals surface area contributed by atoms with Crippen LogP contribution in [0.5, 0.6) is 0 Å². The molecule has 0 aliphatic heterocycles. The smallest absolute Gasteiger partial charge is 0.223 e. The standard InChI is InChI=1S/C21H30FN5O/c1-4-24-21(25-13-17-10-15(12-23)8-9-19(17)22)27-18-7-5-6-16(11-18)20(28)26-14(2)3/h8-10,14,16,18H,4-7,11,13H2,1-3H3,(H,26,28)(H2,24,25,27). The van der Waals surface area contributed by atoms with Gasteiger partial charge in [-0.1, -0.05) is 6.42 Å². The summed E-state index contributed by atoms with van der Waals surface area (Å²) in [7, 11) is 0. The molecule has 0 radical (unpaired) electrons. The molecule has 2 atom stereocenters. The fourth-order valence-corrected chi connectivity index (χ4v) is 3.40. The van der Waals surface area contributed by atoms with Gasteiger partial charge in [-0.25, -0.2) is 9.38 Å². The number of nitriles is 1. The van der Waals surface area contributed by atoms with Crippen LogP contribution < -0.4 is 16.0 Å². The normalized spacial score (nSPS) is 19.8. The molecule has 0 bridgehead atoms. The first-order chi connectivity index (χ1) is 13.4. The zero-order chi connectivity index (χ0) is 20.5. The molecule has 0 saturated heterocycles. The van der Waals surface area contributed by atoms with Crippen LogP contribution in [-0.4, -0.2) is 30.5 Å². The molecule has 0 spiro atoms. The van der Waals surface area contributed by atoms with E-state index < -0.39 is 0 Å². The largest absolute Gasteiger partial charge is 0.357 e. The molecule has 1 aromatic rings. The van der Waals surface area contributed by atoms with Gasteiger partial charge in [0.25, 0.3) is 0 Å². The van der Waals surface area contributed by atoms with Gasteiger partial charge >= 0.3 is 0 Å². The minimum absolute atomic E-state index is 0.00119. The van der Waals surface area contributed by atoms with Crippen molar-refractivity contribution in [2.45, 2.75) is 65.1 Å². The Hall–Kier alpha value is -2.62. The van der Waals surface area contributed by atoms with E-state index >= 15 is 0 Å². The summed E-state index contributed by atoms with van der Waals surface area (Å²) in [6, 6.07) is 6.57. The van der Waals surface area contributed by atoms with Crippen LogP contribution in [0.3, 0.4) is 0 Å². The highest BCUT2D eigenvalue weighted by Gasteiger charge is 2.28. The Kier molecular flexibility index (Phi) is 8.24. The zero-order valence-corrected chi connectivity index (χ0v) is 16.9. The molecular weight excluding hydrogens is 357 g/mol. The minimum Gasteiger partial charge on any atom is -0.357 e. The first kappa shape index (κ1) is 21.7. The third-order valence-electron chi connectivity index (χ3n) is 4.74. The number of halogens is 1. The second-order valence-electron chi connectivity index (χ2n) is 7.48. The van der Waals surface area contributed by atoms with E-state index in [9.17, 15) is 9.18 Å². The lowest BCUT2D eigenvalue weighted by Gasteiger charge is -2.30. The third-order valence-corrected chi connectivity index (χ3v) is 4.74. The van der Waals surface area contributed by atoms with Crippen LogP contribution in [0.2, 0.25) is 0 Å². The van der Waals surface area contributed by atoms with Crippen molar-refractivity contribution < 1.29 is 9.18 Å². The molecule has 1 saturated carbocycles. The number of carbonyl (C=O) groups excluding carboxylic acids is 1. The highest BCUT2D eigenvalue weighted by atomic mass is 19.1. The van der Waals surface area contributed by atoms with Gasteiger partial charge in [0.1, 0.15) is 5.82 Å². The average Bonchev–Trinajstić information content (AvgIpc) is 2.67. The van der Waals surface area contributed by atoms with E-state index in [1.165, 1.54) is 18.2 Å². The Morgan fingerprint density at radius 3 is 2.86 bits per heavy atom. The average molecular weight is 388 g/mol. The number of rotatable bonds is 6. The summed E-state index contributed by atoms with van der Waals surface area (Å²) in [5.74, 6) is 0.334. The van der Waals surface area contributed by atoms with Crippen molar-refractivity contribution in [2.75, 3.05) is 6.54 Å². The van der Waals surface area contributed by atoms with Gasteiger partial charge in [0.2, 0.25) is 5.91 Å². The van der Waals surface area contributed by atoms with E-state index in [2.05, 4.69) is 20.9 Å². The molecule has 1 fully saturated rings. The Morgan fingerprint density at radius 1 is 1.39 bits per heavy atom. The maximum Gasteiger partial charge on any atom is 0.223 e. The molecule has 3 N–H and O–H groups in total. The van der Waals surface area contributed by atoms with Crippen LogP contribution >= 0.6 is 0 Å². The molecule has 7 heteroatoms. The predicted molar refractivity (Wildman–Crippen MR) is 108 cm³/mol. The molecule has 1 aliphatic carbocycles. The number of nitrogens with one attached hydrogen (secondary N) is 3. The number of amides is 1. The summed E-state index contributed by atoms with van der Waals surface area (Å²) < 4.78 is 14.0. The predicted octanol–water partition coefficient (Wildman–Crippen LogP) is 2.84. The van der Waals surface area contributed by atoms with Gasteiger partial charge in [-0.05, 0) is 58.2 Å². The Labute approximate surface area is 166 Å². The monoisotopic (exact) mass is 387 g/mol.